The lowest BCUT2D eigenvalue weighted by atomic mass is 10.2. The second-order valence-corrected chi connectivity index (χ2v) is 6.44. The summed E-state index contributed by atoms with van der Waals surface area (Å²) in [4.78, 5) is 24.4. The number of benzene rings is 1. The highest BCUT2D eigenvalue weighted by Gasteiger charge is 2.14. The second kappa shape index (κ2) is 11.4. The quantitative estimate of drug-likeness (QED) is 0.574. The van der Waals surface area contributed by atoms with E-state index < -0.39 is 5.97 Å². The number of anilines is 2. The Labute approximate surface area is 178 Å². The molecule has 1 aromatic carbocycles. The maximum absolute atomic E-state index is 12.2. The molecule has 3 aromatic rings. The zero-order valence-electron chi connectivity index (χ0n) is 16.6. The third kappa shape index (κ3) is 6.89. The number of hydrogen-bond acceptors (Lipinski definition) is 8. The number of aromatic nitrogens is 3. The minimum absolute atomic E-state index is 0.0287. The molecule has 9 nitrogen and oxygen atoms in total. The molecule has 2 N–H and O–H groups in total. The Morgan fingerprint density at radius 2 is 2.00 bits per heavy atom. The summed E-state index contributed by atoms with van der Waals surface area (Å²) in [5.41, 5.74) is 2.89. The smallest absolute Gasteiger partial charge is 0.356 e. The van der Waals surface area contributed by atoms with Crippen LogP contribution in [-0.2, 0) is 11.3 Å². The molecule has 162 valence electrons. The molecule has 4 rings (SSSR count). The lowest BCUT2D eigenvalue weighted by Crippen LogP contribution is -2.37. The van der Waals surface area contributed by atoms with Crippen LogP contribution in [0.5, 0.6) is 5.75 Å². The first-order valence-corrected chi connectivity index (χ1v) is 9.52. The van der Waals surface area contributed by atoms with E-state index in [-0.39, 0.29) is 5.69 Å². The summed E-state index contributed by atoms with van der Waals surface area (Å²) in [5.74, 6) is 0.233. The topological polar surface area (TPSA) is 110 Å². The molecule has 0 radical (unpaired) electrons. The van der Waals surface area contributed by atoms with Crippen molar-refractivity contribution in [2.24, 2.45) is 0 Å². The molecule has 1 saturated heterocycles. The Balaban J connectivity index is 0.000000176. The van der Waals surface area contributed by atoms with E-state index in [2.05, 4.69) is 15.0 Å². The van der Waals surface area contributed by atoms with Crippen molar-refractivity contribution in [1.29, 1.82) is 0 Å². The molecular weight excluding hydrogens is 405 g/mol. The molecule has 0 spiro atoms. The van der Waals surface area contributed by atoms with Crippen molar-refractivity contribution >= 4 is 17.5 Å². The fourth-order valence-corrected chi connectivity index (χ4v) is 2.72. The average Bonchev–Trinajstić information content (AvgIpc) is 2.84. The van der Waals surface area contributed by atoms with Gasteiger partial charge in [0.05, 0.1) is 37.5 Å². The lowest BCUT2D eigenvalue weighted by Gasteiger charge is -2.27. The molecule has 0 unspecified atom stereocenters. The minimum Gasteiger partial charge on any atom is -0.487 e. The van der Waals surface area contributed by atoms with E-state index in [0.29, 0.717) is 37.1 Å². The van der Waals surface area contributed by atoms with Crippen LogP contribution in [-0.4, -0.2) is 52.3 Å². The molecule has 1 aliphatic rings. The maximum Gasteiger partial charge on any atom is 0.356 e. The van der Waals surface area contributed by atoms with Crippen LogP contribution in [0.3, 0.4) is 0 Å². The molecule has 0 saturated carbocycles. The number of halogens is 1. The number of ether oxygens (including phenoxy) is 2. The van der Waals surface area contributed by atoms with Crippen LogP contribution >= 0.6 is 0 Å². The number of rotatable bonds is 6. The molecule has 0 atom stereocenters. The van der Waals surface area contributed by atoms with Gasteiger partial charge in [-0.15, -0.1) is 4.48 Å². The summed E-state index contributed by atoms with van der Waals surface area (Å²) >= 11 is 0. The number of pyridine rings is 1. The van der Waals surface area contributed by atoms with Gasteiger partial charge in [-0.3, -0.25) is 9.97 Å². The predicted molar refractivity (Wildman–Crippen MR) is 112 cm³/mol. The van der Waals surface area contributed by atoms with E-state index in [1.165, 1.54) is 6.20 Å². The Morgan fingerprint density at radius 1 is 1.16 bits per heavy atom. The van der Waals surface area contributed by atoms with E-state index in [0.717, 1.165) is 18.7 Å². The highest BCUT2D eigenvalue weighted by Crippen LogP contribution is 2.14. The van der Waals surface area contributed by atoms with Crippen molar-refractivity contribution in [3.63, 3.8) is 0 Å². The van der Waals surface area contributed by atoms with Gasteiger partial charge in [0.1, 0.15) is 18.2 Å². The minimum atomic E-state index is -1.06. The first-order valence-electron chi connectivity index (χ1n) is 9.52. The van der Waals surface area contributed by atoms with E-state index in [4.69, 9.17) is 14.6 Å². The fraction of sp³-hybridized carbons (Fsp3) is 0.238. The zero-order valence-corrected chi connectivity index (χ0v) is 16.6. The maximum atomic E-state index is 12.2. The number of aromatic carboxylic acids is 1. The summed E-state index contributed by atoms with van der Waals surface area (Å²) in [7, 11) is 0. The van der Waals surface area contributed by atoms with Gasteiger partial charge in [0.25, 0.3) is 0 Å². The van der Waals surface area contributed by atoms with Crippen molar-refractivity contribution in [3.8, 4) is 5.75 Å². The van der Waals surface area contributed by atoms with Crippen LogP contribution in [0, 0.1) is 0 Å². The first-order chi connectivity index (χ1) is 15.2. The van der Waals surface area contributed by atoms with E-state index >= 15 is 0 Å². The molecule has 10 heteroatoms. The molecule has 0 aliphatic carbocycles. The Morgan fingerprint density at radius 3 is 2.71 bits per heavy atom. The summed E-state index contributed by atoms with van der Waals surface area (Å²) < 4.78 is 22.8. The lowest BCUT2D eigenvalue weighted by molar-refractivity contribution is 0.0690. The normalized spacial score (nSPS) is 13.0. The van der Waals surface area contributed by atoms with E-state index in [1.807, 2.05) is 17.0 Å². The van der Waals surface area contributed by atoms with Crippen molar-refractivity contribution in [1.82, 2.24) is 15.0 Å². The van der Waals surface area contributed by atoms with Crippen molar-refractivity contribution in [3.05, 3.63) is 72.4 Å². The van der Waals surface area contributed by atoms with Gasteiger partial charge in [0, 0.05) is 19.3 Å². The van der Waals surface area contributed by atoms with Gasteiger partial charge in [0.15, 0.2) is 5.69 Å². The third-order valence-electron chi connectivity index (χ3n) is 4.25. The summed E-state index contributed by atoms with van der Waals surface area (Å²) in [6.45, 7) is 3.11. The molecular formula is C21H22FN5O4. The number of nitrogens with one attached hydrogen (secondary N) is 1. The van der Waals surface area contributed by atoms with Crippen molar-refractivity contribution in [2.45, 2.75) is 6.61 Å². The van der Waals surface area contributed by atoms with Crippen molar-refractivity contribution in [2.75, 3.05) is 36.7 Å². The van der Waals surface area contributed by atoms with Crippen LogP contribution < -0.4 is 15.2 Å². The Hall–Kier alpha value is -3.79. The Bertz CT molecular complexity index is 971. The number of carbonyl (C=O) groups is 1. The van der Waals surface area contributed by atoms with Crippen LogP contribution in [0.15, 0.2) is 61.2 Å². The monoisotopic (exact) mass is 427 g/mol. The van der Waals surface area contributed by atoms with Gasteiger partial charge in [-0.1, -0.05) is 12.1 Å². The summed E-state index contributed by atoms with van der Waals surface area (Å²) in [5, 5.41) is 8.76. The fourth-order valence-electron chi connectivity index (χ4n) is 2.72. The molecule has 0 bridgehead atoms. The van der Waals surface area contributed by atoms with Crippen LogP contribution in [0.1, 0.15) is 16.1 Å². The van der Waals surface area contributed by atoms with Gasteiger partial charge in [0.2, 0.25) is 0 Å². The molecule has 2 aromatic heterocycles. The highest BCUT2D eigenvalue weighted by atomic mass is 19.2. The molecule has 1 aliphatic heterocycles. The van der Waals surface area contributed by atoms with Crippen LogP contribution in [0.2, 0.25) is 0 Å². The summed E-state index contributed by atoms with van der Waals surface area (Å²) in [6, 6.07) is 10.6. The number of nitrogens with zero attached hydrogens (tertiary/aromatic N) is 4. The molecule has 31 heavy (non-hydrogen) atoms. The van der Waals surface area contributed by atoms with Crippen molar-refractivity contribution < 1.29 is 23.9 Å². The Kier molecular flexibility index (Phi) is 8.06. The van der Waals surface area contributed by atoms with Gasteiger partial charge in [-0.05, 0) is 29.8 Å². The molecule has 1 fully saturated rings. The first kappa shape index (κ1) is 21.9. The number of carboxylic acids is 1. The zero-order chi connectivity index (χ0) is 21.9. The number of morpholine rings is 1. The van der Waals surface area contributed by atoms with Gasteiger partial charge < -0.3 is 19.5 Å². The largest absolute Gasteiger partial charge is 0.487 e. The highest BCUT2D eigenvalue weighted by molar-refractivity contribution is 5.85. The molecule has 0 amide bonds. The third-order valence-corrected chi connectivity index (χ3v) is 4.25. The van der Waals surface area contributed by atoms with Gasteiger partial charge in [-0.25, -0.2) is 15.3 Å². The standard InChI is InChI=1S/C12H11FN2O.C9H11N3O3/c13-15-11-4-1-3-10(7-11)9-16-12-5-2-6-14-8-12;13-9(14)7-5-10-6-8(11-7)12-1-3-15-4-2-12/h1-8,15H,9H2;5-6H,1-4H2,(H,13,14). The molecule has 3 heterocycles. The van der Waals surface area contributed by atoms with Gasteiger partial charge >= 0.3 is 5.97 Å². The predicted octanol–water partition coefficient (Wildman–Crippen LogP) is 2.97. The van der Waals surface area contributed by atoms with E-state index in [1.54, 1.807) is 48.4 Å². The average molecular weight is 427 g/mol. The summed E-state index contributed by atoms with van der Waals surface area (Å²) in [6.07, 6.45) is 6.13. The SMILES string of the molecule is FNc1cccc(COc2cccnc2)c1.O=C(O)c1cncc(N2CCOCC2)n1. The van der Waals surface area contributed by atoms with Gasteiger partial charge in [-0.2, -0.15) is 0 Å². The number of hydrogen-bond donors (Lipinski definition) is 2. The second-order valence-electron chi connectivity index (χ2n) is 6.44. The number of carboxylic acid groups (broad SMARTS) is 1. The van der Waals surface area contributed by atoms with E-state index in [9.17, 15) is 9.28 Å². The van der Waals surface area contributed by atoms with Crippen LogP contribution in [0.25, 0.3) is 0 Å². The van der Waals surface area contributed by atoms with Crippen LogP contribution in [0.4, 0.5) is 16.0 Å².